The van der Waals surface area contributed by atoms with Crippen molar-refractivity contribution >= 4 is 62.3 Å². The van der Waals surface area contributed by atoms with Crippen LogP contribution in [-0.4, -0.2) is 18.4 Å². The Balaban J connectivity index is 1.70. The lowest BCUT2D eigenvalue weighted by Crippen LogP contribution is -2.28. The lowest BCUT2D eigenvalue weighted by molar-refractivity contribution is -0.122. The van der Waals surface area contributed by atoms with E-state index in [1.165, 1.54) is 0 Å². The van der Waals surface area contributed by atoms with Crippen molar-refractivity contribution in [2.45, 2.75) is 6.42 Å². The number of amides is 2. The number of anilines is 2. The summed E-state index contributed by atoms with van der Waals surface area (Å²) < 4.78 is 0.935. The standard InChI is InChI=1S/C17H13BrCl2N2O2/c18-11-1-3-15(4-2-11)22-9-10(5-16(22)23)17(24)21-14-7-12(19)6-13(20)8-14/h1-4,6-8,10H,5,9H2,(H,21,24)/t10-/m0/s1. The van der Waals surface area contributed by atoms with Crippen LogP contribution < -0.4 is 10.2 Å². The zero-order valence-electron chi connectivity index (χ0n) is 12.4. The minimum absolute atomic E-state index is 0.0680. The van der Waals surface area contributed by atoms with Crippen LogP contribution in [0.15, 0.2) is 46.9 Å². The second-order valence-electron chi connectivity index (χ2n) is 5.53. The molecule has 0 bridgehead atoms. The molecule has 1 aliphatic heterocycles. The molecule has 4 nitrogen and oxygen atoms in total. The van der Waals surface area contributed by atoms with Crippen LogP contribution >= 0.6 is 39.1 Å². The van der Waals surface area contributed by atoms with E-state index in [-0.39, 0.29) is 18.2 Å². The lowest BCUT2D eigenvalue weighted by atomic mass is 10.1. The smallest absolute Gasteiger partial charge is 0.229 e. The van der Waals surface area contributed by atoms with Crippen molar-refractivity contribution in [1.29, 1.82) is 0 Å². The molecule has 7 heteroatoms. The van der Waals surface area contributed by atoms with E-state index in [1.54, 1.807) is 23.1 Å². The van der Waals surface area contributed by atoms with Crippen LogP contribution in [-0.2, 0) is 9.59 Å². The maximum atomic E-state index is 12.4. The predicted molar refractivity (Wildman–Crippen MR) is 99.7 cm³/mol. The fourth-order valence-electron chi connectivity index (χ4n) is 2.62. The Morgan fingerprint density at radius 1 is 1.12 bits per heavy atom. The quantitative estimate of drug-likeness (QED) is 0.768. The molecule has 1 fully saturated rings. The van der Waals surface area contributed by atoms with Crippen molar-refractivity contribution in [2.24, 2.45) is 5.92 Å². The number of carbonyl (C=O) groups excluding carboxylic acids is 2. The fourth-order valence-corrected chi connectivity index (χ4v) is 3.41. The maximum Gasteiger partial charge on any atom is 0.229 e. The SMILES string of the molecule is O=C(Nc1cc(Cl)cc(Cl)c1)[C@H]1CC(=O)N(c2ccc(Br)cc2)C1. The third-order valence-electron chi connectivity index (χ3n) is 3.76. The molecule has 1 saturated heterocycles. The number of hydrogen-bond donors (Lipinski definition) is 1. The van der Waals surface area contributed by atoms with Gasteiger partial charge in [-0.15, -0.1) is 0 Å². The lowest BCUT2D eigenvalue weighted by Gasteiger charge is -2.17. The number of nitrogens with one attached hydrogen (secondary N) is 1. The van der Waals surface area contributed by atoms with Gasteiger partial charge in [-0.2, -0.15) is 0 Å². The van der Waals surface area contributed by atoms with Gasteiger partial charge in [0.1, 0.15) is 0 Å². The molecule has 2 amide bonds. The fraction of sp³-hybridized carbons (Fsp3) is 0.176. The highest BCUT2D eigenvalue weighted by Crippen LogP contribution is 2.28. The first-order chi connectivity index (χ1) is 11.4. The summed E-state index contributed by atoms with van der Waals surface area (Å²) in [5.41, 5.74) is 1.30. The number of rotatable bonds is 3. The van der Waals surface area contributed by atoms with Gasteiger partial charge in [0.2, 0.25) is 11.8 Å². The molecule has 3 rings (SSSR count). The molecule has 0 radical (unpaired) electrons. The highest BCUT2D eigenvalue weighted by atomic mass is 79.9. The third kappa shape index (κ3) is 3.91. The van der Waals surface area contributed by atoms with Crippen LogP contribution in [0.1, 0.15) is 6.42 Å². The van der Waals surface area contributed by atoms with Gasteiger partial charge in [0, 0.05) is 38.9 Å². The third-order valence-corrected chi connectivity index (χ3v) is 4.73. The Morgan fingerprint density at radius 3 is 2.38 bits per heavy atom. The molecule has 0 unspecified atom stereocenters. The van der Waals surface area contributed by atoms with Gasteiger partial charge in [-0.1, -0.05) is 39.1 Å². The number of nitrogens with zero attached hydrogens (tertiary/aromatic N) is 1. The average molecular weight is 428 g/mol. The first-order valence-corrected chi connectivity index (χ1v) is 8.80. The second-order valence-corrected chi connectivity index (χ2v) is 7.32. The molecular weight excluding hydrogens is 415 g/mol. The van der Waals surface area contributed by atoms with Crippen molar-refractivity contribution in [1.82, 2.24) is 0 Å². The highest BCUT2D eigenvalue weighted by molar-refractivity contribution is 9.10. The molecule has 1 heterocycles. The Morgan fingerprint density at radius 2 is 1.75 bits per heavy atom. The molecule has 1 atom stereocenters. The summed E-state index contributed by atoms with van der Waals surface area (Å²) >= 11 is 15.2. The summed E-state index contributed by atoms with van der Waals surface area (Å²) in [6.45, 7) is 0.348. The van der Waals surface area contributed by atoms with Crippen LogP contribution in [0.2, 0.25) is 10.0 Å². The van der Waals surface area contributed by atoms with Crippen molar-refractivity contribution in [2.75, 3.05) is 16.8 Å². The van der Waals surface area contributed by atoms with Gasteiger partial charge in [0.25, 0.3) is 0 Å². The van der Waals surface area contributed by atoms with Crippen molar-refractivity contribution in [3.63, 3.8) is 0 Å². The molecule has 1 aliphatic rings. The number of benzene rings is 2. The van der Waals surface area contributed by atoms with Gasteiger partial charge < -0.3 is 10.2 Å². The van der Waals surface area contributed by atoms with Gasteiger partial charge in [-0.3, -0.25) is 9.59 Å². The predicted octanol–water partition coefficient (Wildman–Crippen LogP) is 4.75. The van der Waals surface area contributed by atoms with Gasteiger partial charge >= 0.3 is 0 Å². The summed E-state index contributed by atoms with van der Waals surface area (Å²) in [5.74, 6) is -0.707. The first-order valence-electron chi connectivity index (χ1n) is 7.25. The zero-order chi connectivity index (χ0) is 17.3. The maximum absolute atomic E-state index is 12.4. The van der Waals surface area contributed by atoms with Crippen molar-refractivity contribution in [3.05, 3.63) is 57.0 Å². The summed E-state index contributed by atoms with van der Waals surface area (Å²) in [6.07, 6.45) is 0.177. The first kappa shape index (κ1) is 17.3. The Hall–Kier alpha value is -1.56. The largest absolute Gasteiger partial charge is 0.326 e. The van der Waals surface area contributed by atoms with Crippen molar-refractivity contribution < 1.29 is 9.59 Å². The monoisotopic (exact) mass is 426 g/mol. The highest BCUT2D eigenvalue weighted by Gasteiger charge is 2.35. The van der Waals surface area contributed by atoms with Gasteiger partial charge in [-0.05, 0) is 42.5 Å². The number of hydrogen-bond acceptors (Lipinski definition) is 2. The van der Waals surface area contributed by atoms with E-state index in [1.807, 2.05) is 24.3 Å². The molecule has 0 saturated carbocycles. The molecule has 0 spiro atoms. The van der Waals surface area contributed by atoms with E-state index in [0.29, 0.717) is 22.3 Å². The van der Waals surface area contributed by atoms with Crippen LogP contribution in [0, 0.1) is 5.92 Å². The van der Waals surface area contributed by atoms with Crippen LogP contribution in [0.3, 0.4) is 0 Å². The normalized spacial score (nSPS) is 17.2. The van der Waals surface area contributed by atoms with Gasteiger partial charge in [0.05, 0.1) is 5.92 Å². The Kier molecular flexibility index (Phi) is 5.13. The minimum atomic E-state index is -0.418. The van der Waals surface area contributed by atoms with Crippen LogP contribution in [0.5, 0.6) is 0 Å². The molecule has 24 heavy (non-hydrogen) atoms. The summed E-state index contributed by atoms with van der Waals surface area (Å²) in [6, 6.07) is 12.3. The molecule has 0 aliphatic carbocycles. The molecule has 2 aromatic rings. The zero-order valence-corrected chi connectivity index (χ0v) is 15.5. The van der Waals surface area contributed by atoms with E-state index < -0.39 is 5.92 Å². The molecule has 1 N–H and O–H groups in total. The van der Waals surface area contributed by atoms with Gasteiger partial charge in [0.15, 0.2) is 0 Å². The summed E-state index contributed by atoms with van der Waals surface area (Å²) in [5, 5.41) is 3.66. The molecular formula is C17H13BrCl2N2O2. The van der Waals surface area contributed by atoms with E-state index in [2.05, 4.69) is 21.2 Å². The minimum Gasteiger partial charge on any atom is -0.326 e. The molecule has 124 valence electrons. The topological polar surface area (TPSA) is 49.4 Å². The van der Waals surface area contributed by atoms with E-state index >= 15 is 0 Å². The molecule has 2 aromatic carbocycles. The average Bonchev–Trinajstić information content (AvgIpc) is 2.89. The number of halogens is 3. The second kappa shape index (κ2) is 7.13. The summed E-state index contributed by atoms with van der Waals surface area (Å²) in [4.78, 5) is 26.3. The number of carbonyl (C=O) groups is 2. The van der Waals surface area contributed by atoms with E-state index in [4.69, 9.17) is 23.2 Å². The molecule has 0 aromatic heterocycles. The van der Waals surface area contributed by atoms with E-state index in [9.17, 15) is 9.59 Å². The van der Waals surface area contributed by atoms with Crippen LogP contribution in [0.25, 0.3) is 0 Å². The Labute approximate surface area is 157 Å². The van der Waals surface area contributed by atoms with E-state index in [0.717, 1.165) is 10.2 Å². The van der Waals surface area contributed by atoms with Crippen molar-refractivity contribution in [3.8, 4) is 0 Å². The van der Waals surface area contributed by atoms with Gasteiger partial charge in [-0.25, -0.2) is 0 Å². The van der Waals surface area contributed by atoms with Crippen LogP contribution in [0.4, 0.5) is 11.4 Å². The Bertz CT molecular complexity index is 775. The summed E-state index contributed by atoms with van der Waals surface area (Å²) in [7, 11) is 0.